The number of hydrogen-bond donors (Lipinski definition) is 1. The molecule has 9 nitrogen and oxygen atoms in total. The molecular weight excluding hydrogens is 370 g/mol. The van der Waals surface area contributed by atoms with Gasteiger partial charge in [0, 0.05) is 30.9 Å². The van der Waals surface area contributed by atoms with Crippen molar-refractivity contribution >= 4 is 34.3 Å². The lowest BCUT2D eigenvalue weighted by Gasteiger charge is -2.30. The smallest absolute Gasteiger partial charge is 0.308 e. The van der Waals surface area contributed by atoms with Crippen molar-refractivity contribution in [3.63, 3.8) is 0 Å². The van der Waals surface area contributed by atoms with Crippen molar-refractivity contribution in [3.05, 3.63) is 35.4 Å². The summed E-state index contributed by atoms with van der Waals surface area (Å²) >= 11 is 1.25. The van der Waals surface area contributed by atoms with Crippen LogP contribution in [0.5, 0.6) is 0 Å². The Kier molecular flexibility index (Phi) is 6.07. The van der Waals surface area contributed by atoms with Gasteiger partial charge in [-0.15, -0.1) is 11.3 Å². The number of thiazole rings is 1. The number of rotatable bonds is 5. The number of nitrogens with zero attached hydrogens (tertiary/aromatic N) is 4. The van der Waals surface area contributed by atoms with Crippen molar-refractivity contribution < 1.29 is 19.1 Å². The number of carbonyl (C=O) groups is 3. The average Bonchev–Trinajstić information content (AvgIpc) is 3.14. The third-order valence-electron chi connectivity index (χ3n) is 4.28. The lowest BCUT2D eigenvalue weighted by atomic mass is 9.97. The summed E-state index contributed by atoms with van der Waals surface area (Å²) in [4.78, 5) is 49.8. The van der Waals surface area contributed by atoms with Crippen LogP contribution in [-0.2, 0) is 20.7 Å². The van der Waals surface area contributed by atoms with E-state index in [0.717, 1.165) is 0 Å². The Labute approximate surface area is 159 Å². The van der Waals surface area contributed by atoms with Crippen LogP contribution in [-0.4, -0.2) is 57.8 Å². The summed E-state index contributed by atoms with van der Waals surface area (Å²) in [6.07, 6.45) is 5.65. The fourth-order valence-electron chi connectivity index (χ4n) is 2.82. The van der Waals surface area contributed by atoms with E-state index in [-0.39, 0.29) is 29.9 Å². The third-order valence-corrected chi connectivity index (χ3v) is 5.09. The van der Waals surface area contributed by atoms with E-state index in [1.165, 1.54) is 37.0 Å². The van der Waals surface area contributed by atoms with E-state index < -0.39 is 5.91 Å². The second-order valence-corrected chi connectivity index (χ2v) is 6.90. The first-order valence-electron chi connectivity index (χ1n) is 8.44. The van der Waals surface area contributed by atoms with Gasteiger partial charge in [-0.2, -0.15) is 0 Å². The Bertz CT molecular complexity index is 818. The van der Waals surface area contributed by atoms with Crippen molar-refractivity contribution in [1.82, 2.24) is 19.9 Å². The van der Waals surface area contributed by atoms with Gasteiger partial charge in [0.2, 0.25) is 5.91 Å². The summed E-state index contributed by atoms with van der Waals surface area (Å²) < 4.78 is 4.75. The Morgan fingerprint density at radius 3 is 2.74 bits per heavy atom. The second-order valence-electron chi connectivity index (χ2n) is 6.04. The van der Waals surface area contributed by atoms with E-state index in [4.69, 9.17) is 4.74 Å². The molecule has 1 saturated heterocycles. The number of nitrogens with one attached hydrogen (secondary N) is 1. The molecule has 2 amide bonds. The maximum atomic E-state index is 12.4. The molecule has 27 heavy (non-hydrogen) atoms. The van der Waals surface area contributed by atoms with Crippen molar-refractivity contribution in [2.24, 2.45) is 5.92 Å². The topological polar surface area (TPSA) is 114 Å². The lowest BCUT2D eigenvalue weighted by Crippen LogP contribution is -2.41. The Hall–Kier alpha value is -2.88. The van der Waals surface area contributed by atoms with Gasteiger partial charge in [0.25, 0.3) is 5.91 Å². The molecular formula is C17H19N5O4S. The minimum absolute atomic E-state index is 0.0459. The fraction of sp³-hybridized carbons (Fsp3) is 0.412. The number of piperidine rings is 1. The van der Waals surface area contributed by atoms with E-state index >= 15 is 0 Å². The van der Waals surface area contributed by atoms with Crippen LogP contribution in [0, 0.1) is 5.92 Å². The number of likely N-dealkylation sites (tertiary alicyclic amines) is 1. The number of ether oxygens (including phenoxy) is 1. The van der Waals surface area contributed by atoms with Crippen LogP contribution >= 0.6 is 11.3 Å². The van der Waals surface area contributed by atoms with Crippen LogP contribution in [0.1, 0.15) is 29.0 Å². The van der Waals surface area contributed by atoms with Crippen LogP contribution in [0.3, 0.4) is 0 Å². The van der Waals surface area contributed by atoms with Crippen LogP contribution < -0.4 is 5.32 Å². The van der Waals surface area contributed by atoms with Crippen molar-refractivity contribution in [3.8, 4) is 0 Å². The highest BCUT2D eigenvalue weighted by molar-refractivity contribution is 7.14. The highest BCUT2D eigenvalue weighted by atomic mass is 32.1. The van der Waals surface area contributed by atoms with Gasteiger partial charge in [-0.05, 0) is 12.8 Å². The standard InChI is InChI=1S/C17H19N5O4S/c1-26-16(25)11-2-6-22(7-3-11)14(23)8-12-10-27-17(20-12)21-15(24)13-9-18-4-5-19-13/h4-5,9-11H,2-3,6-8H2,1H3,(H,20,21,24). The van der Waals surface area contributed by atoms with Crippen LogP contribution in [0.15, 0.2) is 24.0 Å². The molecule has 1 N–H and O–H groups in total. The number of amides is 2. The highest BCUT2D eigenvalue weighted by Gasteiger charge is 2.28. The number of aromatic nitrogens is 3. The summed E-state index contributed by atoms with van der Waals surface area (Å²) in [5, 5.41) is 4.79. The SMILES string of the molecule is COC(=O)C1CCN(C(=O)Cc2csc(NC(=O)c3cnccn3)n2)CC1. The zero-order valence-electron chi connectivity index (χ0n) is 14.8. The second kappa shape index (κ2) is 8.67. The third kappa shape index (κ3) is 4.85. The molecule has 1 aliphatic heterocycles. The molecule has 10 heteroatoms. The van der Waals surface area contributed by atoms with Gasteiger partial charge in [-0.25, -0.2) is 9.97 Å². The van der Waals surface area contributed by atoms with E-state index in [1.807, 2.05) is 0 Å². The van der Waals surface area contributed by atoms with Crippen LogP contribution in [0.4, 0.5) is 5.13 Å². The van der Waals surface area contributed by atoms with E-state index in [1.54, 1.807) is 10.3 Å². The summed E-state index contributed by atoms with van der Waals surface area (Å²) in [5.74, 6) is -0.804. The molecule has 3 rings (SSSR count). The van der Waals surface area contributed by atoms with Gasteiger partial charge in [0.05, 0.1) is 31.3 Å². The number of carbonyl (C=O) groups excluding carboxylic acids is 3. The monoisotopic (exact) mass is 389 g/mol. The first-order chi connectivity index (χ1) is 13.1. The molecule has 2 aromatic rings. The molecule has 0 bridgehead atoms. The van der Waals surface area contributed by atoms with Crippen molar-refractivity contribution in [2.75, 3.05) is 25.5 Å². The van der Waals surface area contributed by atoms with Gasteiger partial charge in [0.15, 0.2) is 5.13 Å². The number of esters is 1. The van der Waals surface area contributed by atoms with Gasteiger partial charge >= 0.3 is 5.97 Å². The summed E-state index contributed by atoms with van der Waals surface area (Å²) in [7, 11) is 1.38. The zero-order valence-corrected chi connectivity index (χ0v) is 15.6. The van der Waals surface area contributed by atoms with Gasteiger partial charge in [-0.1, -0.05) is 0 Å². The maximum absolute atomic E-state index is 12.4. The predicted molar refractivity (Wildman–Crippen MR) is 97.1 cm³/mol. The Morgan fingerprint density at radius 1 is 1.30 bits per heavy atom. The van der Waals surface area contributed by atoms with Crippen molar-refractivity contribution in [2.45, 2.75) is 19.3 Å². The molecule has 0 aromatic carbocycles. The fourth-order valence-corrected chi connectivity index (χ4v) is 3.53. The quantitative estimate of drug-likeness (QED) is 0.763. The highest BCUT2D eigenvalue weighted by Crippen LogP contribution is 2.21. The zero-order chi connectivity index (χ0) is 19.2. The van der Waals surface area contributed by atoms with E-state index in [2.05, 4.69) is 20.3 Å². The number of hydrogen-bond acceptors (Lipinski definition) is 8. The lowest BCUT2D eigenvalue weighted by molar-refractivity contribution is -0.148. The Morgan fingerprint density at radius 2 is 2.07 bits per heavy atom. The Balaban J connectivity index is 1.51. The van der Waals surface area contributed by atoms with Crippen LogP contribution in [0.2, 0.25) is 0 Å². The van der Waals surface area contributed by atoms with Gasteiger partial charge in [-0.3, -0.25) is 24.7 Å². The molecule has 0 atom stereocenters. The molecule has 0 saturated carbocycles. The normalized spacial score (nSPS) is 14.6. The molecule has 0 aliphatic carbocycles. The molecule has 0 spiro atoms. The largest absolute Gasteiger partial charge is 0.469 e. The average molecular weight is 389 g/mol. The summed E-state index contributed by atoms with van der Waals surface area (Å²) in [5.41, 5.74) is 0.786. The van der Waals surface area contributed by atoms with E-state index in [9.17, 15) is 14.4 Å². The summed E-state index contributed by atoms with van der Waals surface area (Å²) in [6, 6.07) is 0. The summed E-state index contributed by atoms with van der Waals surface area (Å²) in [6.45, 7) is 1.05. The van der Waals surface area contributed by atoms with E-state index in [0.29, 0.717) is 36.8 Å². The molecule has 1 fully saturated rings. The molecule has 3 heterocycles. The van der Waals surface area contributed by atoms with Gasteiger partial charge < -0.3 is 9.64 Å². The molecule has 0 radical (unpaired) electrons. The van der Waals surface area contributed by atoms with Gasteiger partial charge in [0.1, 0.15) is 5.69 Å². The molecule has 0 unspecified atom stereocenters. The molecule has 142 valence electrons. The molecule has 2 aromatic heterocycles. The number of methoxy groups -OCH3 is 1. The first kappa shape index (κ1) is 18.9. The minimum atomic E-state index is -0.403. The number of anilines is 1. The minimum Gasteiger partial charge on any atom is -0.469 e. The van der Waals surface area contributed by atoms with Crippen LogP contribution in [0.25, 0.3) is 0 Å². The first-order valence-corrected chi connectivity index (χ1v) is 9.32. The molecule has 1 aliphatic rings. The predicted octanol–water partition coefficient (Wildman–Crippen LogP) is 1.14. The van der Waals surface area contributed by atoms with Crippen molar-refractivity contribution in [1.29, 1.82) is 0 Å². The maximum Gasteiger partial charge on any atom is 0.308 e.